The maximum atomic E-state index is 12.4. The lowest BCUT2D eigenvalue weighted by Crippen LogP contribution is -2.29. The molecule has 0 aliphatic rings. The molecule has 0 unspecified atom stereocenters. The van der Waals surface area contributed by atoms with Gasteiger partial charge in [-0.1, -0.05) is 22.0 Å². The Hall–Kier alpha value is -2.19. The molecule has 146 valence electrons. The van der Waals surface area contributed by atoms with Crippen LogP contribution in [0.2, 0.25) is 0 Å². The van der Waals surface area contributed by atoms with E-state index in [1.54, 1.807) is 19.2 Å². The number of nitrogens with one attached hydrogen (secondary N) is 1. The number of carbonyl (C=O) groups excluding carboxylic acids is 1. The van der Waals surface area contributed by atoms with Gasteiger partial charge in [0.1, 0.15) is 0 Å². The third kappa shape index (κ3) is 6.48. The predicted octanol–water partition coefficient (Wildman–Crippen LogP) is 4.44. The number of carbonyl (C=O) groups is 1. The predicted molar refractivity (Wildman–Crippen MR) is 103 cm³/mol. The molecule has 0 spiro atoms. The number of anilines is 1. The molecule has 2 rings (SSSR count). The van der Waals surface area contributed by atoms with E-state index in [-0.39, 0.29) is 24.0 Å². The number of ether oxygens (including phenoxy) is 2. The van der Waals surface area contributed by atoms with Crippen LogP contribution in [0.4, 0.5) is 14.5 Å². The first kappa shape index (κ1) is 21.1. The summed E-state index contributed by atoms with van der Waals surface area (Å²) in [5, 5.41) is 2.85. The molecule has 0 aliphatic heterocycles. The van der Waals surface area contributed by atoms with Gasteiger partial charge >= 0.3 is 6.61 Å². The van der Waals surface area contributed by atoms with Gasteiger partial charge in [-0.2, -0.15) is 8.78 Å². The van der Waals surface area contributed by atoms with Crippen molar-refractivity contribution < 1.29 is 23.0 Å². The highest BCUT2D eigenvalue weighted by Crippen LogP contribution is 2.29. The van der Waals surface area contributed by atoms with Gasteiger partial charge in [-0.05, 0) is 55.4 Å². The number of methoxy groups -OCH3 is 1. The highest BCUT2D eigenvalue weighted by molar-refractivity contribution is 9.10. The van der Waals surface area contributed by atoms with Crippen LogP contribution in [0.5, 0.6) is 11.5 Å². The minimum absolute atomic E-state index is 0.0257. The Kier molecular flexibility index (Phi) is 7.55. The van der Waals surface area contributed by atoms with Crippen LogP contribution in [0, 0.1) is 6.92 Å². The molecule has 0 aromatic heterocycles. The maximum absolute atomic E-state index is 12.4. The average molecular weight is 443 g/mol. The standard InChI is InChI=1S/C19H21BrF2N2O3/c1-12-8-14(5-6-15(12)20)23-18(25)11-24(2)10-13-4-7-16(27-19(21)22)17(9-13)26-3/h4-9,19H,10-11H2,1-3H3,(H,23,25). The number of aryl methyl sites for hydroxylation is 1. The first-order valence-corrected chi connectivity index (χ1v) is 8.94. The Morgan fingerprint density at radius 2 is 1.96 bits per heavy atom. The lowest BCUT2D eigenvalue weighted by Gasteiger charge is -2.18. The van der Waals surface area contributed by atoms with Gasteiger partial charge in [-0.3, -0.25) is 9.69 Å². The molecule has 0 fully saturated rings. The number of hydrogen-bond donors (Lipinski definition) is 1. The van der Waals surface area contributed by atoms with E-state index < -0.39 is 6.61 Å². The molecule has 0 aliphatic carbocycles. The number of likely N-dealkylation sites (N-methyl/N-ethyl adjacent to an activating group) is 1. The van der Waals surface area contributed by atoms with E-state index in [1.165, 1.54) is 13.2 Å². The number of halogens is 3. The lowest BCUT2D eigenvalue weighted by atomic mass is 10.2. The number of nitrogens with zero attached hydrogens (tertiary/aromatic N) is 1. The fourth-order valence-electron chi connectivity index (χ4n) is 2.54. The first-order chi connectivity index (χ1) is 12.8. The summed E-state index contributed by atoms with van der Waals surface area (Å²) in [6, 6.07) is 10.3. The van der Waals surface area contributed by atoms with E-state index in [0.717, 1.165) is 21.3 Å². The van der Waals surface area contributed by atoms with Crippen molar-refractivity contribution in [2.24, 2.45) is 0 Å². The molecule has 1 amide bonds. The van der Waals surface area contributed by atoms with Crippen LogP contribution in [0.25, 0.3) is 0 Å². The minimum atomic E-state index is -2.92. The summed E-state index contributed by atoms with van der Waals surface area (Å²) in [5.41, 5.74) is 2.56. The second kappa shape index (κ2) is 9.66. The zero-order valence-electron chi connectivity index (χ0n) is 15.3. The molecule has 8 heteroatoms. The minimum Gasteiger partial charge on any atom is -0.493 e. The summed E-state index contributed by atoms with van der Waals surface area (Å²) >= 11 is 3.42. The van der Waals surface area contributed by atoms with E-state index in [0.29, 0.717) is 6.54 Å². The highest BCUT2D eigenvalue weighted by atomic mass is 79.9. The summed E-state index contributed by atoms with van der Waals surface area (Å²) in [7, 11) is 3.18. The van der Waals surface area contributed by atoms with Crippen LogP contribution in [-0.2, 0) is 11.3 Å². The molecule has 0 saturated heterocycles. The van der Waals surface area contributed by atoms with Crippen LogP contribution in [0.15, 0.2) is 40.9 Å². The lowest BCUT2D eigenvalue weighted by molar-refractivity contribution is -0.117. The number of amides is 1. The fraction of sp³-hybridized carbons (Fsp3) is 0.316. The zero-order chi connectivity index (χ0) is 20.0. The second-order valence-electron chi connectivity index (χ2n) is 6.05. The van der Waals surface area contributed by atoms with Gasteiger partial charge < -0.3 is 14.8 Å². The van der Waals surface area contributed by atoms with Crippen LogP contribution in [0.3, 0.4) is 0 Å². The molecule has 2 aromatic rings. The Morgan fingerprint density at radius 1 is 1.22 bits per heavy atom. The van der Waals surface area contributed by atoms with E-state index in [4.69, 9.17) is 4.74 Å². The van der Waals surface area contributed by atoms with E-state index in [9.17, 15) is 13.6 Å². The molecule has 0 radical (unpaired) electrons. The van der Waals surface area contributed by atoms with Crippen LogP contribution < -0.4 is 14.8 Å². The van der Waals surface area contributed by atoms with Crippen LogP contribution in [0.1, 0.15) is 11.1 Å². The van der Waals surface area contributed by atoms with Crippen molar-refractivity contribution in [1.29, 1.82) is 0 Å². The number of benzene rings is 2. The summed E-state index contributed by atoms with van der Waals surface area (Å²) in [4.78, 5) is 14.0. The third-order valence-electron chi connectivity index (χ3n) is 3.75. The van der Waals surface area contributed by atoms with Gasteiger partial charge in [0, 0.05) is 16.7 Å². The van der Waals surface area contributed by atoms with Gasteiger partial charge in [0.2, 0.25) is 5.91 Å². The molecular formula is C19H21BrF2N2O3. The van der Waals surface area contributed by atoms with Gasteiger partial charge in [0.25, 0.3) is 0 Å². The molecular weight excluding hydrogens is 422 g/mol. The quantitative estimate of drug-likeness (QED) is 0.656. The number of rotatable bonds is 8. The van der Waals surface area contributed by atoms with Gasteiger partial charge in [0.15, 0.2) is 11.5 Å². The summed E-state index contributed by atoms with van der Waals surface area (Å²) in [5.74, 6) is 0.0436. The fourth-order valence-corrected chi connectivity index (χ4v) is 2.79. The summed E-state index contributed by atoms with van der Waals surface area (Å²) < 4.78 is 35.2. The third-order valence-corrected chi connectivity index (χ3v) is 4.64. The maximum Gasteiger partial charge on any atom is 0.387 e. The largest absolute Gasteiger partial charge is 0.493 e. The Labute approximate surface area is 165 Å². The highest BCUT2D eigenvalue weighted by Gasteiger charge is 2.13. The van der Waals surface area contributed by atoms with E-state index in [1.807, 2.05) is 30.0 Å². The SMILES string of the molecule is COc1cc(CN(C)CC(=O)Nc2ccc(Br)c(C)c2)ccc1OC(F)F. The van der Waals surface area contributed by atoms with Crippen LogP contribution >= 0.6 is 15.9 Å². The molecule has 0 heterocycles. The Balaban J connectivity index is 1.95. The molecule has 0 saturated carbocycles. The monoisotopic (exact) mass is 442 g/mol. The van der Waals surface area contributed by atoms with Gasteiger partial charge in [0.05, 0.1) is 13.7 Å². The topological polar surface area (TPSA) is 50.8 Å². The average Bonchev–Trinajstić information content (AvgIpc) is 2.58. The van der Waals surface area contributed by atoms with Crippen molar-refractivity contribution >= 4 is 27.5 Å². The van der Waals surface area contributed by atoms with Gasteiger partial charge in [-0.25, -0.2) is 0 Å². The van der Waals surface area contributed by atoms with Crippen molar-refractivity contribution in [3.05, 3.63) is 52.0 Å². The molecule has 5 nitrogen and oxygen atoms in total. The van der Waals surface area contributed by atoms with Crippen molar-refractivity contribution in [2.75, 3.05) is 26.0 Å². The smallest absolute Gasteiger partial charge is 0.387 e. The van der Waals surface area contributed by atoms with Crippen LogP contribution in [-0.4, -0.2) is 38.1 Å². The molecule has 2 aromatic carbocycles. The number of hydrogen-bond acceptors (Lipinski definition) is 4. The summed E-state index contributed by atoms with van der Waals surface area (Å²) in [6.07, 6.45) is 0. The molecule has 27 heavy (non-hydrogen) atoms. The van der Waals surface area contributed by atoms with E-state index >= 15 is 0 Å². The molecule has 0 bridgehead atoms. The van der Waals surface area contributed by atoms with E-state index in [2.05, 4.69) is 26.0 Å². The molecule has 1 N–H and O–H groups in total. The summed E-state index contributed by atoms with van der Waals surface area (Å²) in [6.45, 7) is -0.357. The normalized spacial score (nSPS) is 11.0. The van der Waals surface area contributed by atoms with Crippen molar-refractivity contribution in [3.63, 3.8) is 0 Å². The first-order valence-electron chi connectivity index (χ1n) is 8.14. The molecule has 0 atom stereocenters. The zero-order valence-corrected chi connectivity index (χ0v) is 16.8. The number of alkyl halides is 2. The van der Waals surface area contributed by atoms with Crippen molar-refractivity contribution in [2.45, 2.75) is 20.1 Å². The second-order valence-corrected chi connectivity index (χ2v) is 6.90. The Morgan fingerprint density at radius 3 is 2.59 bits per heavy atom. The van der Waals surface area contributed by atoms with Crippen molar-refractivity contribution in [1.82, 2.24) is 4.90 Å². The van der Waals surface area contributed by atoms with Crippen molar-refractivity contribution in [3.8, 4) is 11.5 Å². The Bertz CT molecular complexity index is 803. The van der Waals surface area contributed by atoms with Gasteiger partial charge in [-0.15, -0.1) is 0 Å².